The van der Waals surface area contributed by atoms with Gasteiger partial charge in [0.2, 0.25) is 5.91 Å². The normalized spacial score (nSPS) is 12.0. The van der Waals surface area contributed by atoms with Crippen LogP contribution in [0.15, 0.2) is 6.07 Å². The number of nitro groups is 2. The predicted octanol–water partition coefficient (Wildman–Crippen LogP) is 4.06. The molecule has 0 unspecified atom stereocenters. The minimum absolute atomic E-state index is 0.00803. The van der Waals surface area contributed by atoms with Gasteiger partial charge in [0.1, 0.15) is 11.3 Å². The van der Waals surface area contributed by atoms with E-state index >= 15 is 0 Å². The average Bonchev–Trinajstić information content (AvgIpc) is 2.33. The Balaban J connectivity index is 4.14. The van der Waals surface area contributed by atoms with Gasteiger partial charge in [-0.3, -0.25) is 25.0 Å². The number of nitrogens with zero attached hydrogens (tertiary/aromatic N) is 2. The number of hydrogen-bond donors (Lipinski definition) is 1. The highest BCUT2D eigenvalue weighted by Crippen LogP contribution is 2.48. The predicted molar refractivity (Wildman–Crippen MR) is 91.5 cm³/mol. The lowest BCUT2D eigenvalue weighted by atomic mass is 9.77. The Kier molecular flexibility index (Phi) is 5.03. The number of amides is 1. The molecule has 0 bridgehead atoms. The van der Waals surface area contributed by atoms with Gasteiger partial charge >= 0.3 is 5.69 Å². The van der Waals surface area contributed by atoms with E-state index in [4.69, 9.17) is 0 Å². The van der Waals surface area contributed by atoms with Crippen molar-refractivity contribution in [3.8, 4) is 0 Å². The van der Waals surface area contributed by atoms with Crippen molar-refractivity contribution in [2.75, 3.05) is 5.32 Å². The minimum atomic E-state index is -0.862. The van der Waals surface area contributed by atoms with Crippen LogP contribution in [0.5, 0.6) is 0 Å². The molecule has 1 aromatic carbocycles. The smallest absolute Gasteiger partial charge is 0.303 e. The zero-order chi connectivity index (χ0) is 19.0. The molecular formula is C16H23N3O5. The maximum Gasteiger partial charge on any atom is 0.303 e. The lowest BCUT2D eigenvalue weighted by Gasteiger charge is -2.26. The highest BCUT2D eigenvalue weighted by atomic mass is 16.6. The molecule has 132 valence electrons. The zero-order valence-corrected chi connectivity index (χ0v) is 15.0. The third-order valence-corrected chi connectivity index (χ3v) is 3.51. The van der Waals surface area contributed by atoms with Crippen LogP contribution in [0.25, 0.3) is 0 Å². The van der Waals surface area contributed by atoms with Crippen LogP contribution in [0, 0.1) is 20.2 Å². The first-order valence-electron chi connectivity index (χ1n) is 7.46. The fourth-order valence-electron chi connectivity index (χ4n) is 2.61. The van der Waals surface area contributed by atoms with E-state index in [1.807, 2.05) is 0 Å². The topological polar surface area (TPSA) is 115 Å². The first kappa shape index (κ1) is 19.5. The lowest BCUT2D eigenvalue weighted by Crippen LogP contribution is -2.23. The van der Waals surface area contributed by atoms with Gasteiger partial charge in [0.15, 0.2) is 0 Å². The van der Waals surface area contributed by atoms with Crippen molar-refractivity contribution < 1.29 is 14.6 Å². The molecule has 0 saturated heterocycles. The van der Waals surface area contributed by atoms with Gasteiger partial charge in [-0.2, -0.15) is 0 Å². The van der Waals surface area contributed by atoms with E-state index in [9.17, 15) is 25.0 Å². The summed E-state index contributed by atoms with van der Waals surface area (Å²) in [7, 11) is 0. The van der Waals surface area contributed by atoms with Crippen LogP contribution in [-0.2, 0) is 15.6 Å². The third kappa shape index (κ3) is 3.87. The molecular weight excluding hydrogens is 314 g/mol. The van der Waals surface area contributed by atoms with Crippen LogP contribution < -0.4 is 5.32 Å². The first-order valence-corrected chi connectivity index (χ1v) is 7.46. The SMILES string of the molecule is CC(=O)Nc1cc(C(C)(C)C)c([N+](=O)[O-])c(C(C)(C)C)c1[N+](=O)[O-]. The van der Waals surface area contributed by atoms with E-state index < -0.39 is 32.3 Å². The molecule has 0 atom stereocenters. The summed E-state index contributed by atoms with van der Waals surface area (Å²) in [5.74, 6) is -0.480. The van der Waals surface area contributed by atoms with E-state index in [1.54, 1.807) is 41.5 Å². The van der Waals surface area contributed by atoms with E-state index in [2.05, 4.69) is 5.32 Å². The molecule has 0 radical (unpaired) electrons. The summed E-state index contributed by atoms with van der Waals surface area (Å²) in [4.78, 5) is 33.6. The van der Waals surface area contributed by atoms with Crippen molar-refractivity contribution in [3.63, 3.8) is 0 Å². The molecule has 0 aliphatic heterocycles. The molecule has 1 aromatic rings. The van der Waals surface area contributed by atoms with E-state index in [-0.39, 0.29) is 16.9 Å². The highest BCUT2D eigenvalue weighted by Gasteiger charge is 2.41. The van der Waals surface area contributed by atoms with Crippen molar-refractivity contribution in [1.82, 2.24) is 0 Å². The van der Waals surface area contributed by atoms with Gasteiger partial charge in [-0.25, -0.2) is 0 Å². The van der Waals surface area contributed by atoms with E-state index in [0.717, 1.165) is 0 Å². The number of hydrogen-bond acceptors (Lipinski definition) is 5. The number of benzene rings is 1. The molecule has 24 heavy (non-hydrogen) atoms. The number of nitrogens with one attached hydrogen (secondary N) is 1. The molecule has 0 aliphatic carbocycles. The van der Waals surface area contributed by atoms with Crippen molar-refractivity contribution in [2.24, 2.45) is 0 Å². The maximum absolute atomic E-state index is 11.7. The van der Waals surface area contributed by atoms with Crippen LogP contribution in [0.1, 0.15) is 59.6 Å². The van der Waals surface area contributed by atoms with Gasteiger partial charge < -0.3 is 5.32 Å². The second kappa shape index (κ2) is 6.18. The summed E-state index contributed by atoms with van der Waals surface area (Å²) in [6, 6.07) is 1.34. The number of nitro benzene ring substituents is 2. The molecule has 0 saturated carbocycles. The Bertz CT molecular complexity index is 712. The summed E-state index contributed by atoms with van der Waals surface area (Å²) in [5.41, 5.74) is -1.87. The molecule has 0 aliphatic rings. The molecule has 0 aromatic heterocycles. The fourth-order valence-corrected chi connectivity index (χ4v) is 2.61. The van der Waals surface area contributed by atoms with Crippen molar-refractivity contribution in [2.45, 2.75) is 59.3 Å². The van der Waals surface area contributed by atoms with Crippen LogP contribution in [0.2, 0.25) is 0 Å². The lowest BCUT2D eigenvalue weighted by molar-refractivity contribution is -0.396. The van der Waals surface area contributed by atoms with Crippen LogP contribution in [0.3, 0.4) is 0 Å². The molecule has 8 nitrogen and oxygen atoms in total. The zero-order valence-electron chi connectivity index (χ0n) is 15.0. The highest BCUT2D eigenvalue weighted by molar-refractivity contribution is 5.93. The van der Waals surface area contributed by atoms with Crippen LogP contribution >= 0.6 is 0 Å². The van der Waals surface area contributed by atoms with Gasteiger partial charge in [0, 0.05) is 17.9 Å². The summed E-state index contributed by atoms with van der Waals surface area (Å²) in [6.45, 7) is 11.6. The molecule has 1 N–H and O–H groups in total. The number of anilines is 1. The molecule has 8 heteroatoms. The largest absolute Gasteiger partial charge is 0.321 e. The van der Waals surface area contributed by atoms with Crippen LogP contribution in [0.4, 0.5) is 17.1 Å². The van der Waals surface area contributed by atoms with Gasteiger partial charge in [0.05, 0.1) is 9.85 Å². The Hall–Kier alpha value is -2.51. The maximum atomic E-state index is 11.7. The number of rotatable bonds is 3. The summed E-state index contributed by atoms with van der Waals surface area (Å²) in [5, 5.41) is 25.8. The summed E-state index contributed by atoms with van der Waals surface area (Å²) < 4.78 is 0. The van der Waals surface area contributed by atoms with Crippen LogP contribution in [-0.4, -0.2) is 15.8 Å². The van der Waals surface area contributed by atoms with Gasteiger partial charge in [-0.15, -0.1) is 0 Å². The van der Waals surface area contributed by atoms with Gasteiger partial charge in [0.25, 0.3) is 5.69 Å². The Morgan fingerprint density at radius 1 is 0.958 bits per heavy atom. The molecule has 1 rings (SSSR count). The molecule has 0 heterocycles. The van der Waals surface area contributed by atoms with E-state index in [1.165, 1.54) is 13.0 Å². The Labute approximate surface area is 140 Å². The molecule has 0 spiro atoms. The van der Waals surface area contributed by atoms with E-state index in [0.29, 0.717) is 5.56 Å². The first-order chi connectivity index (χ1) is 10.7. The second-order valence-corrected chi connectivity index (χ2v) is 7.74. The van der Waals surface area contributed by atoms with Crippen molar-refractivity contribution in [3.05, 3.63) is 37.4 Å². The van der Waals surface area contributed by atoms with Crippen molar-refractivity contribution >= 4 is 23.0 Å². The average molecular weight is 337 g/mol. The fraction of sp³-hybridized carbons (Fsp3) is 0.562. The van der Waals surface area contributed by atoms with Gasteiger partial charge in [-0.1, -0.05) is 41.5 Å². The number of carbonyl (C=O) groups is 1. The van der Waals surface area contributed by atoms with Crippen molar-refractivity contribution in [1.29, 1.82) is 0 Å². The third-order valence-electron chi connectivity index (χ3n) is 3.51. The number of carbonyl (C=O) groups excluding carboxylic acids is 1. The molecule has 1 amide bonds. The Morgan fingerprint density at radius 2 is 1.42 bits per heavy atom. The summed E-state index contributed by atoms with van der Waals surface area (Å²) >= 11 is 0. The summed E-state index contributed by atoms with van der Waals surface area (Å²) in [6.07, 6.45) is 0. The van der Waals surface area contributed by atoms with Gasteiger partial charge in [-0.05, 0) is 11.5 Å². The minimum Gasteiger partial charge on any atom is -0.321 e. The Morgan fingerprint density at radius 3 is 1.71 bits per heavy atom. The monoisotopic (exact) mass is 337 g/mol. The quantitative estimate of drug-likeness (QED) is 0.659. The standard InChI is InChI=1S/C16H23N3O5/c1-9(20)17-11-8-10(15(2,3)4)13(18(21)22)12(16(5,6)7)14(11)19(23)24/h8H,1-7H3,(H,17,20). The molecule has 0 fully saturated rings. The second-order valence-electron chi connectivity index (χ2n) is 7.74.